The Morgan fingerprint density at radius 2 is 1.56 bits per heavy atom. The summed E-state index contributed by atoms with van der Waals surface area (Å²) in [5.74, 6) is 0.266. The Balaban J connectivity index is 1.25. The molecule has 3 aromatic carbocycles. The lowest BCUT2D eigenvalue weighted by Crippen LogP contribution is -2.54. The zero-order valence-electron chi connectivity index (χ0n) is 20.7. The number of likely N-dealkylation sites (N-methyl/N-ethyl adjacent to an activating group) is 1. The highest BCUT2D eigenvalue weighted by Gasteiger charge is 2.22. The summed E-state index contributed by atoms with van der Waals surface area (Å²) < 4.78 is 10.5. The summed E-state index contributed by atoms with van der Waals surface area (Å²) in [6, 6.07) is 24.7. The molecule has 0 spiro atoms. The van der Waals surface area contributed by atoms with Crippen molar-refractivity contribution in [3.63, 3.8) is 0 Å². The highest BCUT2D eigenvalue weighted by atomic mass is 16.5. The highest BCUT2D eigenvalue weighted by molar-refractivity contribution is 5.92. The summed E-state index contributed by atoms with van der Waals surface area (Å²) in [5.41, 5.74) is 3.38. The molecule has 0 saturated carbocycles. The first-order valence-electron chi connectivity index (χ1n) is 11.9. The molecule has 7 heteroatoms. The van der Waals surface area contributed by atoms with E-state index in [0.717, 1.165) is 43.1 Å². The van der Waals surface area contributed by atoms with Crippen LogP contribution in [-0.4, -0.2) is 62.2 Å². The summed E-state index contributed by atoms with van der Waals surface area (Å²) in [4.78, 5) is 27.4. The van der Waals surface area contributed by atoms with Crippen molar-refractivity contribution in [2.24, 2.45) is 0 Å². The number of piperazine rings is 1. The van der Waals surface area contributed by atoms with Gasteiger partial charge in [0.15, 0.2) is 0 Å². The lowest BCUT2D eigenvalue weighted by molar-refractivity contribution is -0.140. The fourth-order valence-electron chi connectivity index (χ4n) is 3.99. The van der Waals surface area contributed by atoms with Crippen LogP contribution in [0, 0.1) is 0 Å². The van der Waals surface area contributed by atoms with Gasteiger partial charge in [-0.25, -0.2) is 9.80 Å². The Kier molecular flexibility index (Phi) is 8.36. The predicted molar refractivity (Wildman–Crippen MR) is 141 cm³/mol. The smallest absolute Gasteiger partial charge is 0.338 e. The van der Waals surface area contributed by atoms with Gasteiger partial charge >= 0.3 is 5.97 Å². The van der Waals surface area contributed by atoms with Crippen LogP contribution in [0.2, 0.25) is 0 Å². The van der Waals surface area contributed by atoms with Crippen LogP contribution in [0.4, 0.5) is 5.69 Å². The molecular formula is C29H31N3O4. The number of nitrogens with zero attached hydrogens (tertiary/aromatic N) is 3. The molecule has 36 heavy (non-hydrogen) atoms. The lowest BCUT2D eigenvalue weighted by atomic mass is 10.1. The number of amides is 1. The quantitative estimate of drug-likeness (QED) is 0.351. The van der Waals surface area contributed by atoms with Crippen molar-refractivity contribution < 1.29 is 19.1 Å². The van der Waals surface area contributed by atoms with E-state index in [1.165, 1.54) is 5.69 Å². The second-order valence-electron chi connectivity index (χ2n) is 8.52. The topological polar surface area (TPSA) is 62.3 Å². The Bertz CT molecular complexity index is 1170. The van der Waals surface area contributed by atoms with Gasteiger partial charge < -0.3 is 14.4 Å². The zero-order valence-corrected chi connectivity index (χ0v) is 20.7. The second-order valence-corrected chi connectivity index (χ2v) is 8.52. The van der Waals surface area contributed by atoms with Gasteiger partial charge in [-0.3, -0.25) is 9.80 Å². The van der Waals surface area contributed by atoms with Crippen LogP contribution in [0.15, 0.2) is 84.9 Å². The number of para-hydroxylation sites is 1. The predicted octanol–water partition coefficient (Wildman–Crippen LogP) is 4.26. The molecule has 186 valence electrons. The summed E-state index contributed by atoms with van der Waals surface area (Å²) in [5, 5.41) is 3.73. The van der Waals surface area contributed by atoms with Crippen LogP contribution in [0.25, 0.3) is 6.08 Å². The molecule has 0 unspecified atom stereocenters. The van der Waals surface area contributed by atoms with Crippen molar-refractivity contribution >= 4 is 23.6 Å². The number of hydrogen-bond acceptors (Lipinski definition) is 6. The van der Waals surface area contributed by atoms with Gasteiger partial charge in [0, 0.05) is 45.0 Å². The molecule has 0 aromatic heterocycles. The van der Waals surface area contributed by atoms with Crippen molar-refractivity contribution in [3.8, 4) is 5.75 Å². The maximum atomic E-state index is 12.7. The number of hydrogen-bond donors (Lipinski definition) is 0. The maximum Gasteiger partial charge on any atom is 0.338 e. The summed E-state index contributed by atoms with van der Waals surface area (Å²) in [6.07, 6.45) is 3.31. The average molecular weight is 486 g/mol. The maximum absolute atomic E-state index is 12.7. The molecule has 0 N–H and O–H groups in total. The number of ether oxygens (including phenoxy) is 2. The molecule has 1 aliphatic heterocycles. The minimum Gasteiger partial charge on any atom is -0.497 e. The first-order chi connectivity index (χ1) is 17.5. The lowest BCUT2D eigenvalue weighted by Gasteiger charge is -2.40. The Morgan fingerprint density at radius 3 is 2.19 bits per heavy atom. The second kappa shape index (κ2) is 12.0. The average Bonchev–Trinajstić information content (AvgIpc) is 2.95. The van der Waals surface area contributed by atoms with E-state index in [0.29, 0.717) is 5.56 Å². The first kappa shape index (κ1) is 25.0. The van der Waals surface area contributed by atoms with Gasteiger partial charge in [-0.2, -0.15) is 0 Å². The molecule has 1 saturated heterocycles. The highest BCUT2D eigenvalue weighted by Crippen LogP contribution is 2.17. The Morgan fingerprint density at radius 1 is 0.889 bits per heavy atom. The van der Waals surface area contributed by atoms with Crippen LogP contribution in [-0.2, 0) is 16.1 Å². The fraction of sp³-hybridized carbons (Fsp3) is 0.241. The van der Waals surface area contributed by atoms with E-state index in [1.54, 1.807) is 55.6 Å². The van der Waals surface area contributed by atoms with E-state index in [1.807, 2.05) is 42.5 Å². The summed E-state index contributed by atoms with van der Waals surface area (Å²) >= 11 is 0. The molecule has 1 fully saturated rings. The molecule has 3 aromatic rings. The van der Waals surface area contributed by atoms with Crippen LogP contribution < -0.4 is 9.64 Å². The van der Waals surface area contributed by atoms with Crippen LogP contribution in [0.1, 0.15) is 21.5 Å². The van der Waals surface area contributed by atoms with E-state index < -0.39 is 5.97 Å². The van der Waals surface area contributed by atoms with Crippen molar-refractivity contribution in [3.05, 3.63) is 102 Å². The van der Waals surface area contributed by atoms with E-state index in [2.05, 4.69) is 22.0 Å². The third-order valence-corrected chi connectivity index (χ3v) is 6.21. The number of esters is 1. The number of anilines is 1. The third kappa shape index (κ3) is 6.52. The van der Waals surface area contributed by atoms with Gasteiger partial charge in [0.05, 0.1) is 12.7 Å². The van der Waals surface area contributed by atoms with E-state index in [-0.39, 0.29) is 12.5 Å². The fourth-order valence-corrected chi connectivity index (χ4v) is 3.99. The summed E-state index contributed by atoms with van der Waals surface area (Å²) in [6.45, 7) is 3.46. The molecule has 1 heterocycles. The largest absolute Gasteiger partial charge is 0.497 e. The molecule has 0 bridgehead atoms. The third-order valence-electron chi connectivity index (χ3n) is 6.21. The van der Waals surface area contributed by atoms with Crippen molar-refractivity contribution in [1.82, 2.24) is 10.0 Å². The van der Waals surface area contributed by atoms with Crippen molar-refractivity contribution in [1.29, 1.82) is 0 Å². The molecule has 0 atom stereocenters. The molecule has 7 nitrogen and oxygen atoms in total. The number of carbonyl (C=O) groups is 2. The monoisotopic (exact) mass is 485 g/mol. The number of hydrazine groups is 1. The molecule has 4 rings (SSSR count). The first-order valence-corrected chi connectivity index (χ1v) is 11.9. The Labute approximate surface area is 212 Å². The van der Waals surface area contributed by atoms with Gasteiger partial charge in [0.1, 0.15) is 12.4 Å². The van der Waals surface area contributed by atoms with E-state index in [9.17, 15) is 9.59 Å². The van der Waals surface area contributed by atoms with Gasteiger partial charge in [0.2, 0.25) is 0 Å². The molecule has 0 aliphatic carbocycles. The standard InChI is InChI=1S/C29H31N3O4/c1-30(32-20-18-31(19-21-32)26-6-4-3-5-7-26)28(33)17-12-23-8-13-25(14-9-23)29(34)36-22-24-10-15-27(35-2)16-11-24/h3-17H,18-22H2,1-2H3. The van der Waals surface area contributed by atoms with Gasteiger partial charge in [0.25, 0.3) is 5.91 Å². The molecular weight excluding hydrogens is 454 g/mol. The van der Waals surface area contributed by atoms with E-state index >= 15 is 0 Å². The number of methoxy groups -OCH3 is 1. The van der Waals surface area contributed by atoms with Gasteiger partial charge in [-0.05, 0) is 53.6 Å². The van der Waals surface area contributed by atoms with Gasteiger partial charge in [-0.1, -0.05) is 42.5 Å². The van der Waals surface area contributed by atoms with Crippen LogP contribution >= 0.6 is 0 Å². The summed E-state index contributed by atoms with van der Waals surface area (Å²) in [7, 11) is 3.41. The van der Waals surface area contributed by atoms with E-state index in [4.69, 9.17) is 9.47 Å². The van der Waals surface area contributed by atoms with Gasteiger partial charge in [-0.15, -0.1) is 0 Å². The minimum absolute atomic E-state index is 0.0915. The van der Waals surface area contributed by atoms with Crippen molar-refractivity contribution in [2.75, 3.05) is 45.2 Å². The number of carbonyl (C=O) groups excluding carboxylic acids is 2. The number of rotatable bonds is 8. The normalized spacial score (nSPS) is 14.0. The molecule has 0 radical (unpaired) electrons. The van der Waals surface area contributed by atoms with Crippen LogP contribution in [0.3, 0.4) is 0 Å². The SMILES string of the molecule is COc1ccc(COC(=O)c2ccc(C=CC(=O)N(C)N3CCN(c4ccccc4)CC3)cc2)cc1. The molecule has 1 aliphatic rings. The number of benzene rings is 3. The molecule has 1 amide bonds. The van der Waals surface area contributed by atoms with Crippen molar-refractivity contribution in [2.45, 2.75) is 6.61 Å². The zero-order chi connectivity index (χ0) is 25.3. The minimum atomic E-state index is -0.396. The Hall–Kier alpha value is -4.10. The van der Waals surface area contributed by atoms with Crippen LogP contribution in [0.5, 0.6) is 5.75 Å².